The zero-order valence-electron chi connectivity index (χ0n) is 16.3. The molecule has 0 saturated heterocycles. The monoisotopic (exact) mass is 392 g/mol. The van der Waals surface area contributed by atoms with E-state index in [1.807, 2.05) is 0 Å². The van der Waals surface area contributed by atoms with E-state index in [2.05, 4.69) is 55.6 Å². The van der Waals surface area contributed by atoms with Gasteiger partial charge in [0.15, 0.2) is 4.34 Å². The predicted octanol–water partition coefficient (Wildman–Crippen LogP) is 4.98. The van der Waals surface area contributed by atoms with Gasteiger partial charge in [0, 0.05) is 18.1 Å². The van der Waals surface area contributed by atoms with Crippen molar-refractivity contribution in [2.24, 2.45) is 0 Å². The summed E-state index contributed by atoms with van der Waals surface area (Å²) in [5.74, 6) is 0.708. The Labute approximate surface area is 164 Å². The van der Waals surface area contributed by atoms with Crippen LogP contribution >= 0.6 is 23.3 Å². The van der Waals surface area contributed by atoms with Gasteiger partial charge in [0.25, 0.3) is 0 Å². The fraction of sp³-hybridized carbons (Fsp3) is 0.500. The molecule has 4 nitrogen and oxygen atoms in total. The quantitative estimate of drug-likeness (QED) is 0.652. The minimum absolute atomic E-state index is 0.0370. The van der Waals surface area contributed by atoms with Gasteiger partial charge in [-0.05, 0) is 42.4 Å². The van der Waals surface area contributed by atoms with Crippen molar-refractivity contribution in [3.63, 3.8) is 0 Å². The van der Waals surface area contributed by atoms with E-state index < -0.39 is 5.60 Å². The topological polar surface area (TPSA) is 62.2 Å². The van der Waals surface area contributed by atoms with Crippen molar-refractivity contribution < 1.29 is 9.90 Å². The summed E-state index contributed by atoms with van der Waals surface area (Å²) in [6.45, 7) is 12.1. The first-order valence-corrected chi connectivity index (χ1v) is 10.5. The highest BCUT2D eigenvalue weighted by atomic mass is 32.2. The van der Waals surface area contributed by atoms with Crippen molar-refractivity contribution in [1.29, 1.82) is 0 Å². The van der Waals surface area contributed by atoms with Crippen molar-refractivity contribution in [3.8, 4) is 0 Å². The Bertz CT molecular complexity index is 735. The molecule has 1 aromatic carbocycles. The van der Waals surface area contributed by atoms with E-state index in [1.54, 1.807) is 20.0 Å². The number of amides is 1. The standard InChI is InChI=1S/C20H28N2O2S2/c1-12(2)14-8-7-9-15(13(3)4)16(14)10-18(23)22-26-19-21-11-17(25-19)20(5,6)24/h7-9,11-13,24H,10H2,1-6H3,(H,22,23). The molecule has 26 heavy (non-hydrogen) atoms. The summed E-state index contributed by atoms with van der Waals surface area (Å²) in [7, 11) is 0. The van der Waals surface area contributed by atoms with Crippen LogP contribution in [0.3, 0.4) is 0 Å². The van der Waals surface area contributed by atoms with Gasteiger partial charge in [-0.1, -0.05) is 45.9 Å². The Morgan fingerprint density at radius 1 is 1.23 bits per heavy atom. The van der Waals surface area contributed by atoms with Crippen LogP contribution in [0.15, 0.2) is 28.7 Å². The second-order valence-electron chi connectivity index (χ2n) is 7.58. The number of hydrogen-bond donors (Lipinski definition) is 2. The van der Waals surface area contributed by atoms with E-state index in [9.17, 15) is 9.90 Å². The number of nitrogens with zero attached hydrogens (tertiary/aromatic N) is 1. The average Bonchev–Trinajstić information content (AvgIpc) is 3.02. The summed E-state index contributed by atoms with van der Waals surface area (Å²) in [4.78, 5) is 17.6. The van der Waals surface area contributed by atoms with Crippen LogP contribution in [-0.2, 0) is 16.8 Å². The Hall–Kier alpha value is -1.37. The lowest BCUT2D eigenvalue weighted by Crippen LogP contribution is -2.20. The molecular weight excluding hydrogens is 364 g/mol. The minimum Gasteiger partial charge on any atom is -0.385 e. The molecule has 0 bridgehead atoms. The molecule has 2 aromatic rings. The molecule has 0 fully saturated rings. The molecule has 0 spiro atoms. The van der Waals surface area contributed by atoms with Gasteiger partial charge >= 0.3 is 0 Å². The molecule has 2 N–H and O–H groups in total. The molecule has 6 heteroatoms. The second-order valence-corrected chi connectivity index (χ2v) is 9.66. The maximum atomic E-state index is 12.5. The van der Waals surface area contributed by atoms with Gasteiger partial charge in [0.2, 0.25) is 5.91 Å². The van der Waals surface area contributed by atoms with Gasteiger partial charge in [-0.25, -0.2) is 4.98 Å². The van der Waals surface area contributed by atoms with Gasteiger partial charge in [-0.2, -0.15) is 0 Å². The normalized spacial score (nSPS) is 12.0. The van der Waals surface area contributed by atoms with E-state index >= 15 is 0 Å². The molecule has 0 radical (unpaired) electrons. The van der Waals surface area contributed by atoms with Crippen molar-refractivity contribution in [1.82, 2.24) is 9.71 Å². The highest BCUT2D eigenvalue weighted by molar-refractivity contribution is 7.99. The third-order valence-corrected chi connectivity index (χ3v) is 6.38. The maximum Gasteiger partial charge on any atom is 0.234 e. The molecule has 142 valence electrons. The van der Waals surface area contributed by atoms with Gasteiger partial charge in [0.1, 0.15) is 0 Å². The van der Waals surface area contributed by atoms with E-state index in [4.69, 9.17) is 0 Å². The van der Waals surface area contributed by atoms with Crippen LogP contribution in [0.25, 0.3) is 0 Å². The molecule has 0 aliphatic heterocycles. The lowest BCUT2D eigenvalue weighted by molar-refractivity contribution is -0.118. The fourth-order valence-electron chi connectivity index (χ4n) is 2.79. The molecule has 0 saturated carbocycles. The average molecular weight is 393 g/mol. The Morgan fingerprint density at radius 2 is 1.81 bits per heavy atom. The molecular formula is C20H28N2O2S2. The third-order valence-electron chi connectivity index (χ3n) is 4.17. The molecule has 0 unspecified atom stereocenters. The van der Waals surface area contributed by atoms with E-state index in [1.165, 1.54) is 34.4 Å². The zero-order valence-corrected chi connectivity index (χ0v) is 17.9. The van der Waals surface area contributed by atoms with Gasteiger partial charge in [0.05, 0.1) is 16.9 Å². The lowest BCUT2D eigenvalue weighted by atomic mass is 9.87. The summed E-state index contributed by atoms with van der Waals surface area (Å²) >= 11 is 2.60. The number of aliphatic hydroxyl groups is 1. The first-order chi connectivity index (χ1) is 12.1. The maximum absolute atomic E-state index is 12.5. The minimum atomic E-state index is -0.914. The Morgan fingerprint density at radius 3 is 2.27 bits per heavy atom. The van der Waals surface area contributed by atoms with Crippen LogP contribution in [-0.4, -0.2) is 16.0 Å². The van der Waals surface area contributed by atoms with Crippen LogP contribution < -0.4 is 4.72 Å². The van der Waals surface area contributed by atoms with Crippen molar-refractivity contribution in [3.05, 3.63) is 46.0 Å². The molecule has 1 heterocycles. The van der Waals surface area contributed by atoms with Gasteiger partial charge in [-0.3, -0.25) is 9.52 Å². The number of hydrogen-bond acceptors (Lipinski definition) is 5. The number of carbonyl (C=O) groups is 1. The second kappa shape index (κ2) is 8.55. The molecule has 0 atom stereocenters. The highest BCUT2D eigenvalue weighted by Crippen LogP contribution is 2.31. The number of nitrogens with one attached hydrogen (secondary N) is 1. The van der Waals surface area contributed by atoms with Crippen molar-refractivity contribution in [2.75, 3.05) is 0 Å². The molecule has 1 amide bonds. The van der Waals surface area contributed by atoms with Crippen LogP contribution in [0.5, 0.6) is 0 Å². The third kappa shape index (κ3) is 5.32. The first-order valence-electron chi connectivity index (χ1n) is 8.85. The molecule has 0 aliphatic carbocycles. The van der Waals surface area contributed by atoms with E-state index in [-0.39, 0.29) is 5.91 Å². The van der Waals surface area contributed by atoms with Crippen LogP contribution in [0.2, 0.25) is 0 Å². The van der Waals surface area contributed by atoms with Crippen LogP contribution in [0.4, 0.5) is 0 Å². The van der Waals surface area contributed by atoms with Gasteiger partial charge in [-0.15, -0.1) is 11.3 Å². The number of carbonyl (C=O) groups excluding carboxylic acids is 1. The van der Waals surface area contributed by atoms with Crippen molar-refractivity contribution in [2.45, 2.75) is 69.7 Å². The fourth-order valence-corrected chi connectivity index (χ4v) is 4.38. The van der Waals surface area contributed by atoms with E-state index in [0.29, 0.717) is 18.3 Å². The number of benzene rings is 1. The Kier molecular flexibility index (Phi) is 6.88. The van der Waals surface area contributed by atoms with E-state index in [0.717, 1.165) is 14.8 Å². The molecule has 2 rings (SSSR count). The summed E-state index contributed by atoms with van der Waals surface area (Å²) in [6, 6.07) is 6.31. The highest BCUT2D eigenvalue weighted by Gasteiger charge is 2.20. The molecule has 0 aliphatic rings. The van der Waals surface area contributed by atoms with Gasteiger partial charge < -0.3 is 5.11 Å². The SMILES string of the molecule is CC(C)c1cccc(C(C)C)c1CC(=O)NSc1ncc(C(C)(C)O)s1. The smallest absolute Gasteiger partial charge is 0.234 e. The summed E-state index contributed by atoms with van der Waals surface area (Å²) in [6.07, 6.45) is 2.02. The lowest BCUT2D eigenvalue weighted by Gasteiger charge is -2.19. The van der Waals surface area contributed by atoms with Crippen LogP contribution in [0, 0.1) is 0 Å². The Balaban J connectivity index is 2.09. The van der Waals surface area contributed by atoms with Crippen LogP contribution in [0.1, 0.15) is 74.9 Å². The number of rotatable bonds is 7. The number of aromatic nitrogens is 1. The predicted molar refractivity (Wildman–Crippen MR) is 110 cm³/mol. The largest absolute Gasteiger partial charge is 0.385 e. The zero-order chi connectivity index (χ0) is 19.5. The summed E-state index contributed by atoms with van der Waals surface area (Å²) in [5, 5.41) is 10.0. The number of thiazole rings is 1. The summed E-state index contributed by atoms with van der Waals surface area (Å²) < 4.78 is 3.61. The molecule has 1 aromatic heterocycles. The van der Waals surface area contributed by atoms with Crippen molar-refractivity contribution >= 4 is 29.2 Å². The summed E-state index contributed by atoms with van der Waals surface area (Å²) in [5.41, 5.74) is 2.68. The first kappa shape index (κ1) is 20.9.